The first kappa shape index (κ1) is 19.4. The highest BCUT2D eigenvalue weighted by Gasteiger charge is 2.26. The first-order chi connectivity index (χ1) is 13.1. The number of amides is 2. The minimum Gasteiger partial charge on any atom is -0.347 e. The molecule has 142 valence electrons. The third-order valence-corrected chi connectivity index (χ3v) is 5.36. The number of nitrogens with zero attached hydrogens (tertiary/aromatic N) is 2. The van der Waals surface area contributed by atoms with E-state index in [9.17, 15) is 9.59 Å². The second kappa shape index (κ2) is 9.00. The van der Waals surface area contributed by atoms with Gasteiger partial charge in [0.2, 0.25) is 0 Å². The first-order valence-electron chi connectivity index (χ1n) is 9.38. The van der Waals surface area contributed by atoms with Crippen LogP contribution in [0.2, 0.25) is 5.02 Å². The maximum atomic E-state index is 12.9. The standard InChI is InChI=1S/C21H24ClN3O2/c1-2-17-8-5-6-12-25(17)21(27)15-10-11-23-19(13-15)20(26)24-14-16-7-3-4-9-18(16)22/h3-4,7,9-11,13,17H,2,5-6,8,12,14H2,1H3,(H,24,26). The van der Waals surface area contributed by atoms with Crippen LogP contribution in [0, 0.1) is 0 Å². The summed E-state index contributed by atoms with van der Waals surface area (Å²) in [5.74, 6) is -0.348. The SMILES string of the molecule is CCC1CCCCN1C(=O)c1ccnc(C(=O)NCc2ccccc2Cl)c1. The van der Waals surface area contributed by atoms with Crippen molar-refractivity contribution in [1.82, 2.24) is 15.2 Å². The largest absolute Gasteiger partial charge is 0.347 e. The number of hydrogen-bond donors (Lipinski definition) is 1. The van der Waals surface area contributed by atoms with Crippen LogP contribution in [0.4, 0.5) is 0 Å². The van der Waals surface area contributed by atoms with Gasteiger partial charge >= 0.3 is 0 Å². The maximum Gasteiger partial charge on any atom is 0.270 e. The van der Waals surface area contributed by atoms with Crippen LogP contribution < -0.4 is 5.32 Å². The van der Waals surface area contributed by atoms with Gasteiger partial charge in [-0.15, -0.1) is 0 Å². The Morgan fingerprint density at radius 3 is 2.85 bits per heavy atom. The molecular weight excluding hydrogens is 362 g/mol. The highest BCUT2D eigenvalue weighted by molar-refractivity contribution is 6.31. The number of piperidine rings is 1. The molecule has 2 heterocycles. The van der Waals surface area contributed by atoms with Crippen molar-refractivity contribution in [2.45, 2.75) is 45.2 Å². The van der Waals surface area contributed by atoms with Crippen LogP contribution in [0.25, 0.3) is 0 Å². The number of halogens is 1. The molecule has 0 spiro atoms. The van der Waals surface area contributed by atoms with Crippen molar-refractivity contribution in [3.05, 3.63) is 64.4 Å². The normalized spacial score (nSPS) is 16.8. The van der Waals surface area contributed by atoms with E-state index < -0.39 is 0 Å². The summed E-state index contributed by atoms with van der Waals surface area (Å²) < 4.78 is 0. The lowest BCUT2D eigenvalue weighted by Gasteiger charge is -2.35. The fourth-order valence-electron chi connectivity index (χ4n) is 3.45. The van der Waals surface area contributed by atoms with Gasteiger partial charge < -0.3 is 10.2 Å². The van der Waals surface area contributed by atoms with Crippen LogP contribution in [0.3, 0.4) is 0 Å². The van der Waals surface area contributed by atoms with Crippen LogP contribution in [-0.2, 0) is 6.54 Å². The van der Waals surface area contributed by atoms with Crippen LogP contribution in [0.5, 0.6) is 0 Å². The molecule has 6 heteroatoms. The summed E-state index contributed by atoms with van der Waals surface area (Å²) in [6.07, 6.45) is 5.69. The van der Waals surface area contributed by atoms with Crippen molar-refractivity contribution in [2.75, 3.05) is 6.54 Å². The van der Waals surface area contributed by atoms with Gasteiger partial charge in [0.1, 0.15) is 5.69 Å². The number of nitrogens with one attached hydrogen (secondary N) is 1. The minimum atomic E-state index is -0.324. The molecule has 1 fully saturated rings. The number of carbonyl (C=O) groups excluding carboxylic acids is 2. The minimum absolute atomic E-state index is 0.0240. The van der Waals surface area contributed by atoms with E-state index in [1.54, 1.807) is 18.2 Å². The molecular formula is C21H24ClN3O2. The van der Waals surface area contributed by atoms with Gasteiger partial charge in [-0.3, -0.25) is 14.6 Å². The number of carbonyl (C=O) groups is 2. The zero-order chi connectivity index (χ0) is 19.2. The van der Waals surface area contributed by atoms with Crippen molar-refractivity contribution >= 4 is 23.4 Å². The molecule has 2 amide bonds. The van der Waals surface area contributed by atoms with E-state index in [1.807, 2.05) is 23.1 Å². The van der Waals surface area contributed by atoms with Crippen molar-refractivity contribution in [3.63, 3.8) is 0 Å². The van der Waals surface area contributed by atoms with E-state index >= 15 is 0 Å². The summed E-state index contributed by atoms with van der Waals surface area (Å²) >= 11 is 6.12. The molecule has 1 unspecified atom stereocenters. The quantitative estimate of drug-likeness (QED) is 0.843. The van der Waals surface area contributed by atoms with Gasteiger partial charge in [-0.1, -0.05) is 36.7 Å². The van der Waals surface area contributed by atoms with Crippen LogP contribution in [0.15, 0.2) is 42.6 Å². The zero-order valence-electron chi connectivity index (χ0n) is 15.5. The van der Waals surface area contributed by atoms with Crippen molar-refractivity contribution in [3.8, 4) is 0 Å². The number of aromatic nitrogens is 1. The molecule has 1 aromatic carbocycles. The zero-order valence-corrected chi connectivity index (χ0v) is 16.2. The van der Waals surface area contributed by atoms with Crippen molar-refractivity contribution in [1.29, 1.82) is 0 Å². The molecule has 0 radical (unpaired) electrons. The van der Waals surface area contributed by atoms with Crippen molar-refractivity contribution < 1.29 is 9.59 Å². The van der Waals surface area contributed by atoms with E-state index in [0.717, 1.165) is 37.8 Å². The number of rotatable bonds is 5. The van der Waals surface area contributed by atoms with Crippen LogP contribution >= 0.6 is 11.6 Å². The third-order valence-electron chi connectivity index (χ3n) is 5.00. The second-order valence-electron chi connectivity index (χ2n) is 6.76. The molecule has 5 nitrogen and oxygen atoms in total. The second-order valence-corrected chi connectivity index (χ2v) is 7.17. The Kier molecular flexibility index (Phi) is 6.45. The van der Waals surface area contributed by atoms with Gasteiger partial charge in [-0.2, -0.15) is 0 Å². The average Bonchev–Trinajstić information content (AvgIpc) is 2.72. The van der Waals surface area contributed by atoms with E-state index in [-0.39, 0.29) is 23.6 Å². The maximum absolute atomic E-state index is 12.9. The summed E-state index contributed by atoms with van der Waals surface area (Å²) in [5.41, 5.74) is 1.57. The highest BCUT2D eigenvalue weighted by Crippen LogP contribution is 2.22. The lowest BCUT2D eigenvalue weighted by atomic mass is 9.99. The Labute approximate surface area is 164 Å². The molecule has 1 aromatic heterocycles. The monoisotopic (exact) mass is 385 g/mol. The Morgan fingerprint density at radius 2 is 2.07 bits per heavy atom. The smallest absolute Gasteiger partial charge is 0.270 e. The highest BCUT2D eigenvalue weighted by atomic mass is 35.5. The predicted molar refractivity (Wildman–Crippen MR) is 106 cm³/mol. The lowest BCUT2D eigenvalue weighted by molar-refractivity contribution is 0.0608. The summed E-state index contributed by atoms with van der Waals surface area (Å²) in [4.78, 5) is 31.4. The average molecular weight is 386 g/mol. The number of hydrogen-bond acceptors (Lipinski definition) is 3. The fourth-order valence-corrected chi connectivity index (χ4v) is 3.66. The van der Waals surface area contributed by atoms with Gasteiger partial charge in [0.05, 0.1) is 0 Å². The first-order valence-corrected chi connectivity index (χ1v) is 9.76. The Bertz CT molecular complexity index is 825. The van der Waals surface area contributed by atoms with E-state index in [0.29, 0.717) is 17.1 Å². The summed E-state index contributed by atoms with van der Waals surface area (Å²) in [7, 11) is 0. The Morgan fingerprint density at radius 1 is 1.26 bits per heavy atom. The predicted octanol–water partition coefficient (Wildman–Crippen LogP) is 4.07. The van der Waals surface area contributed by atoms with Gasteiger partial charge in [0, 0.05) is 35.9 Å². The molecule has 3 rings (SSSR count). The number of likely N-dealkylation sites (tertiary alicyclic amines) is 1. The summed E-state index contributed by atoms with van der Waals surface area (Å²) in [6.45, 7) is 3.19. The Balaban J connectivity index is 1.70. The van der Waals surface area contributed by atoms with Crippen LogP contribution in [0.1, 0.15) is 59.0 Å². The Hall–Kier alpha value is -2.40. The molecule has 0 saturated carbocycles. The molecule has 1 aliphatic rings. The van der Waals surface area contributed by atoms with Crippen LogP contribution in [-0.4, -0.2) is 34.3 Å². The summed E-state index contributed by atoms with van der Waals surface area (Å²) in [6, 6.07) is 10.9. The molecule has 0 aliphatic carbocycles. The van der Waals surface area contributed by atoms with Gasteiger partial charge in [-0.25, -0.2) is 0 Å². The van der Waals surface area contributed by atoms with E-state index in [2.05, 4.69) is 17.2 Å². The van der Waals surface area contributed by atoms with Gasteiger partial charge in [-0.05, 0) is 49.4 Å². The third kappa shape index (κ3) is 4.66. The van der Waals surface area contributed by atoms with Crippen molar-refractivity contribution in [2.24, 2.45) is 0 Å². The van der Waals surface area contributed by atoms with E-state index in [4.69, 9.17) is 11.6 Å². The lowest BCUT2D eigenvalue weighted by Crippen LogP contribution is -2.43. The number of benzene rings is 1. The molecule has 0 bridgehead atoms. The van der Waals surface area contributed by atoms with E-state index in [1.165, 1.54) is 6.20 Å². The number of pyridine rings is 1. The molecule has 1 aliphatic heterocycles. The molecule has 1 atom stereocenters. The molecule has 2 aromatic rings. The molecule has 1 saturated heterocycles. The fraction of sp³-hybridized carbons (Fsp3) is 0.381. The van der Waals surface area contributed by atoms with Gasteiger partial charge in [0.15, 0.2) is 0 Å². The topological polar surface area (TPSA) is 62.3 Å². The molecule has 27 heavy (non-hydrogen) atoms. The molecule has 1 N–H and O–H groups in total. The summed E-state index contributed by atoms with van der Waals surface area (Å²) in [5, 5.41) is 3.41. The van der Waals surface area contributed by atoms with Gasteiger partial charge in [0.25, 0.3) is 11.8 Å².